The first kappa shape index (κ1) is 11.0. The molecule has 0 spiro atoms. The molecule has 0 unspecified atom stereocenters. The molecule has 0 saturated carbocycles. The van der Waals surface area contributed by atoms with Gasteiger partial charge in [0.1, 0.15) is 5.82 Å². The van der Waals surface area contributed by atoms with Crippen LogP contribution in [0.4, 0.5) is 5.69 Å². The highest BCUT2D eigenvalue weighted by molar-refractivity contribution is 5.78. The van der Waals surface area contributed by atoms with E-state index in [0.717, 1.165) is 42.1 Å². The number of aromatic nitrogens is 2. The number of benzene rings is 1. The molecule has 0 radical (unpaired) electrons. The zero-order chi connectivity index (χ0) is 11.5. The van der Waals surface area contributed by atoms with Crippen molar-refractivity contribution in [2.75, 3.05) is 19.3 Å². The number of hydrogen-bond acceptors (Lipinski definition) is 3. The first-order valence-corrected chi connectivity index (χ1v) is 5.61. The van der Waals surface area contributed by atoms with Crippen LogP contribution in [0.5, 0.6) is 0 Å². The molecule has 1 aromatic heterocycles. The molecule has 0 aliphatic carbocycles. The van der Waals surface area contributed by atoms with E-state index in [2.05, 4.69) is 28.8 Å². The Morgan fingerprint density at radius 3 is 3.00 bits per heavy atom. The Morgan fingerprint density at radius 2 is 2.25 bits per heavy atom. The number of imidazole rings is 1. The van der Waals surface area contributed by atoms with Crippen molar-refractivity contribution in [1.82, 2.24) is 14.9 Å². The Hall–Kier alpha value is -1.55. The lowest BCUT2D eigenvalue weighted by Crippen LogP contribution is -2.19. The quantitative estimate of drug-likeness (QED) is 0.771. The second-order valence-corrected chi connectivity index (χ2v) is 4.20. The van der Waals surface area contributed by atoms with Crippen molar-refractivity contribution in [2.24, 2.45) is 0 Å². The summed E-state index contributed by atoms with van der Waals surface area (Å²) in [6.45, 7) is 4.11. The zero-order valence-electron chi connectivity index (χ0n) is 9.83. The van der Waals surface area contributed by atoms with Gasteiger partial charge in [0.05, 0.1) is 17.6 Å². The molecule has 1 aromatic carbocycles. The van der Waals surface area contributed by atoms with Crippen molar-refractivity contribution in [3.63, 3.8) is 0 Å². The molecule has 86 valence electrons. The van der Waals surface area contributed by atoms with Gasteiger partial charge in [-0.3, -0.25) is 4.90 Å². The number of nitrogen functional groups attached to an aromatic ring is 1. The van der Waals surface area contributed by atoms with Crippen molar-refractivity contribution in [3.8, 4) is 0 Å². The smallest absolute Gasteiger partial charge is 0.121 e. The van der Waals surface area contributed by atoms with Crippen molar-refractivity contribution < 1.29 is 0 Å². The number of rotatable bonds is 4. The molecule has 0 amide bonds. The summed E-state index contributed by atoms with van der Waals surface area (Å²) >= 11 is 0. The Balaban J connectivity index is 2.19. The fraction of sp³-hybridized carbons (Fsp3) is 0.417. The molecule has 3 N–H and O–H groups in total. The summed E-state index contributed by atoms with van der Waals surface area (Å²) in [4.78, 5) is 10.1. The molecule has 0 bridgehead atoms. The number of nitrogens with zero attached hydrogens (tertiary/aromatic N) is 2. The summed E-state index contributed by atoms with van der Waals surface area (Å²) in [6, 6.07) is 5.75. The molecule has 16 heavy (non-hydrogen) atoms. The third-order valence-electron chi connectivity index (χ3n) is 2.58. The molecular weight excluding hydrogens is 200 g/mol. The fourth-order valence-electron chi connectivity index (χ4n) is 1.87. The van der Waals surface area contributed by atoms with Crippen LogP contribution < -0.4 is 5.73 Å². The Morgan fingerprint density at radius 1 is 1.44 bits per heavy atom. The predicted octanol–water partition coefficient (Wildman–Crippen LogP) is 1.99. The minimum absolute atomic E-state index is 0.768. The van der Waals surface area contributed by atoms with Crippen molar-refractivity contribution in [1.29, 1.82) is 0 Å². The van der Waals surface area contributed by atoms with Crippen LogP contribution in [-0.4, -0.2) is 28.5 Å². The maximum atomic E-state index is 5.72. The normalized spacial score (nSPS) is 11.4. The Labute approximate surface area is 95.5 Å². The van der Waals surface area contributed by atoms with Gasteiger partial charge >= 0.3 is 0 Å². The third-order valence-corrected chi connectivity index (χ3v) is 2.58. The first-order chi connectivity index (χ1) is 7.69. The van der Waals surface area contributed by atoms with Gasteiger partial charge in [0.25, 0.3) is 0 Å². The lowest BCUT2D eigenvalue weighted by Gasteiger charge is -2.12. The van der Waals surface area contributed by atoms with Crippen LogP contribution in [0, 0.1) is 0 Å². The largest absolute Gasteiger partial charge is 0.399 e. The Kier molecular flexibility index (Phi) is 3.10. The summed E-state index contributed by atoms with van der Waals surface area (Å²) in [5.41, 5.74) is 8.49. The molecule has 2 rings (SSSR count). The number of H-pyrrole nitrogens is 1. The summed E-state index contributed by atoms with van der Waals surface area (Å²) in [6.07, 6.45) is 1.16. The van der Waals surface area contributed by atoms with E-state index in [9.17, 15) is 0 Å². The first-order valence-electron chi connectivity index (χ1n) is 5.61. The average molecular weight is 218 g/mol. The predicted molar refractivity (Wildman–Crippen MR) is 67.1 cm³/mol. The van der Waals surface area contributed by atoms with Gasteiger partial charge in [-0.25, -0.2) is 4.98 Å². The maximum absolute atomic E-state index is 5.72. The molecule has 0 saturated heterocycles. The molecule has 4 heteroatoms. The molecule has 2 aromatic rings. The Bertz CT molecular complexity index is 475. The molecule has 0 aliphatic rings. The highest BCUT2D eigenvalue weighted by atomic mass is 15.1. The third kappa shape index (κ3) is 2.33. The monoisotopic (exact) mass is 218 g/mol. The van der Waals surface area contributed by atoms with Crippen LogP contribution in [0.3, 0.4) is 0 Å². The minimum Gasteiger partial charge on any atom is -0.399 e. The van der Waals surface area contributed by atoms with E-state index in [4.69, 9.17) is 5.73 Å². The average Bonchev–Trinajstić information content (AvgIpc) is 2.59. The van der Waals surface area contributed by atoms with Gasteiger partial charge in [0.2, 0.25) is 0 Å². The molecular formula is C12H18N4. The van der Waals surface area contributed by atoms with E-state index in [1.165, 1.54) is 0 Å². The number of anilines is 1. The van der Waals surface area contributed by atoms with E-state index in [-0.39, 0.29) is 0 Å². The molecule has 4 nitrogen and oxygen atoms in total. The van der Waals surface area contributed by atoms with Crippen LogP contribution in [-0.2, 0) is 6.54 Å². The van der Waals surface area contributed by atoms with E-state index >= 15 is 0 Å². The highest BCUT2D eigenvalue weighted by Crippen LogP contribution is 2.15. The van der Waals surface area contributed by atoms with Gasteiger partial charge in [0, 0.05) is 5.69 Å². The lowest BCUT2D eigenvalue weighted by atomic mass is 10.3. The van der Waals surface area contributed by atoms with Gasteiger partial charge in [-0.15, -0.1) is 0 Å². The van der Waals surface area contributed by atoms with Crippen LogP contribution in [0.25, 0.3) is 11.0 Å². The summed E-state index contributed by atoms with van der Waals surface area (Å²) in [7, 11) is 2.10. The van der Waals surface area contributed by atoms with E-state index < -0.39 is 0 Å². The second kappa shape index (κ2) is 4.53. The maximum Gasteiger partial charge on any atom is 0.121 e. The SMILES string of the molecule is CCCN(C)Cc1nc2ccc(N)cc2[nH]1. The van der Waals surface area contributed by atoms with Crippen LogP contribution in [0.1, 0.15) is 19.2 Å². The van der Waals surface area contributed by atoms with Crippen molar-refractivity contribution >= 4 is 16.7 Å². The lowest BCUT2D eigenvalue weighted by molar-refractivity contribution is 0.320. The van der Waals surface area contributed by atoms with E-state index in [1.807, 2.05) is 18.2 Å². The minimum atomic E-state index is 0.768. The van der Waals surface area contributed by atoms with Crippen LogP contribution in [0.15, 0.2) is 18.2 Å². The number of aromatic amines is 1. The highest BCUT2D eigenvalue weighted by Gasteiger charge is 2.05. The molecule has 0 aliphatic heterocycles. The van der Waals surface area contributed by atoms with Gasteiger partial charge in [0.15, 0.2) is 0 Å². The van der Waals surface area contributed by atoms with Crippen molar-refractivity contribution in [2.45, 2.75) is 19.9 Å². The van der Waals surface area contributed by atoms with Gasteiger partial charge < -0.3 is 10.7 Å². The van der Waals surface area contributed by atoms with Crippen LogP contribution >= 0.6 is 0 Å². The van der Waals surface area contributed by atoms with E-state index in [0.29, 0.717) is 0 Å². The molecule has 0 atom stereocenters. The number of hydrogen-bond donors (Lipinski definition) is 2. The number of nitrogens with two attached hydrogens (primary N) is 1. The van der Waals surface area contributed by atoms with Crippen molar-refractivity contribution in [3.05, 3.63) is 24.0 Å². The number of nitrogens with one attached hydrogen (secondary N) is 1. The van der Waals surface area contributed by atoms with Crippen LogP contribution in [0.2, 0.25) is 0 Å². The number of fused-ring (bicyclic) bond motifs is 1. The van der Waals surface area contributed by atoms with E-state index in [1.54, 1.807) is 0 Å². The van der Waals surface area contributed by atoms with Gasteiger partial charge in [-0.05, 0) is 38.2 Å². The standard InChI is InChI=1S/C12H18N4/c1-3-6-16(2)8-12-14-10-5-4-9(13)7-11(10)15-12/h4-5,7H,3,6,8,13H2,1-2H3,(H,14,15). The zero-order valence-corrected chi connectivity index (χ0v) is 9.83. The molecule has 1 heterocycles. The fourth-order valence-corrected chi connectivity index (χ4v) is 1.87. The summed E-state index contributed by atoms with van der Waals surface area (Å²) < 4.78 is 0. The topological polar surface area (TPSA) is 57.9 Å². The van der Waals surface area contributed by atoms with Gasteiger partial charge in [-0.1, -0.05) is 6.92 Å². The summed E-state index contributed by atoms with van der Waals surface area (Å²) in [5, 5.41) is 0. The molecule has 0 fully saturated rings. The second-order valence-electron chi connectivity index (χ2n) is 4.20. The summed E-state index contributed by atoms with van der Waals surface area (Å²) in [5.74, 6) is 0.997. The van der Waals surface area contributed by atoms with Gasteiger partial charge in [-0.2, -0.15) is 0 Å².